The Labute approximate surface area is 262 Å². The highest BCUT2D eigenvalue weighted by atomic mass is 16.4. The third-order valence-electron chi connectivity index (χ3n) is 6.98. The first-order chi connectivity index (χ1) is 21.4. The zero-order valence-electron chi connectivity index (χ0n) is 25.6. The lowest BCUT2D eigenvalue weighted by Crippen LogP contribution is -2.59. The van der Waals surface area contributed by atoms with Crippen LogP contribution in [0.5, 0.6) is 0 Å². The number of guanidine groups is 1. The molecular weight excluding hydrogens is 582 g/mol. The van der Waals surface area contributed by atoms with Crippen LogP contribution in [0.15, 0.2) is 65.7 Å². The lowest BCUT2D eigenvalue weighted by Gasteiger charge is -2.29. The molecule has 0 radical (unpaired) electrons. The summed E-state index contributed by atoms with van der Waals surface area (Å²) in [4.78, 5) is 55.5. The van der Waals surface area contributed by atoms with Crippen LogP contribution in [-0.2, 0) is 27.2 Å². The van der Waals surface area contributed by atoms with Crippen molar-refractivity contribution in [2.45, 2.75) is 69.8 Å². The van der Waals surface area contributed by atoms with Gasteiger partial charge in [-0.2, -0.15) is 0 Å². The van der Waals surface area contributed by atoms with Crippen LogP contribution in [0.3, 0.4) is 0 Å². The molecule has 0 fully saturated rings. The predicted octanol–water partition coefficient (Wildman–Crippen LogP) is -0.375. The number of hydrogen-bond acceptors (Lipinski definition) is 7. The largest absolute Gasteiger partial charge is 0.480 e. The number of amides is 4. The topological polar surface area (TPSA) is 241 Å². The van der Waals surface area contributed by atoms with Crippen molar-refractivity contribution < 1.29 is 34.5 Å². The van der Waals surface area contributed by atoms with Gasteiger partial charge in [0.05, 0.1) is 18.8 Å². The van der Waals surface area contributed by atoms with Crippen LogP contribution in [-0.4, -0.2) is 88.5 Å². The molecule has 0 aliphatic rings. The highest BCUT2D eigenvalue weighted by molar-refractivity contribution is 5.92. The van der Waals surface area contributed by atoms with Crippen molar-refractivity contribution in [1.82, 2.24) is 21.3 Å². The van der Waals surface area contributed by atoms with Crippen molar-refractivity contribution in [2.75, 3.05) is 13.2 Å². The molecule has 0 saturated carbocycles. The summed E-state index contributed by atoms with van der Waals surface area (Å²) in [6.07, 6.45) is -0.661. The summed E-state index contributed by atoms with van der Waals surface area (Å²) in [6, 6.07) is 12.6. The number of carboxylic acid groups (broad SMARTS) is 1. The van der Waals surface area contributed by atoms with Gasteiger partial charge < -0.3 is 48.1 Å². The number of carbonyl (C=O) groups is 4. The van der Waals surface area contributed by atoms with Crippen molar-refractivity contribution in [1.29, 1.82) is 0 Å². The van der Waals surface area contributed by atoms with Crippen LogP contribution in [0.1, 0.15) is 37.8 Å². The van der Waals surface area contributed by atoms with Gasteiger partial charge in [0.15, 0.2) is 5.96 Å². The van der Waals surface area contributed by atoms with E-state index in [-0.39, 0.29) is 38.2 Å². The predicted molar refractivity (Wildman–Crippen MR) is 169 cm³/mol. The van der Waals surface area contributed by atoms with Crippen molar-refractivity contribution in [3.8, 4) is 0 Å². The summed E-state index contributed by atoms with van der Waals surface area (Å²) in [5.41, 5.74) is 12.3. The number of hydrogen-bond donors (Lipinski definition) is 9. The highest BCUT2D eigenvalue weighted by Gasteiger charge is 2.32. The van der Waals surface area contributed by atoms with Crippen molar-refractivity contribution in [2.24, 2.45) is 22.4 Å². The van der Waals surface area contributed by atoms with Crippen molar-refractivity contribution in [3.63, 3.8) is 0 Å². The molecule has 0 aliphatic heterocycles. The van der Waals surface area contributed by atoms with Gasteiger partial charge in [-0.25, -0.2) is 9.59 Å². The van der Waals surface area contributed by atoms with Gasteiger partial charge in [-0.3, -0.25) is 14.6 Å². The Morgan fingerprint density at radius 3 is 1.87 bits per heavy atom. The standard InChI is InChI=1S/C31H45N7O7/c1-19(2)26(28(42)35-23(25(40)18-39)16-20-10-5-3-6-11-20)38-27(41)22(14-9-15-34-30(32)33)36-31(45)37-24(29(43)44)17-21-12-7-4-8-13-21/h3-8,10-13,19,22-26,39-40H,9,14-18H2,1-2H3,(H,35,42)(H,38,41)(H,43,44)(H4,32,33,34)(H2,36,37,45)/t22-,23-,24-,25?,26-/m0/s1. The summed E-state index contributed by atoms with van der Waals surface area (Å²) in [5.74, 6) is -3.09. The maximum absolute atomic E-state index is 13.5. The molecule has 0 heterocycles. The van der Waals surface area contributed by atoms with Crippen LogP contribution in [0, 0.1) is 5.92 Å². The number of nitrogens with zero attached hydrogens (tertiary/aromatic N) is 1. The van der Waals surface area contributed by atoms with E-state index in [0.717, 1.165) is 5.56 Å². The first-order valence-electron chi connectivity index (χ1n) is 14.7. The van der Waals surface area contributed by atoms with E-state index >= 15 is 0 Å². The Hall–Kier alpha value is -4.69. The first-order valence-corrected chi connectivity index (χ1v) is 14.7. The maximum atomic E-state index is 13.5. The summed E-state index contributed by atoms with van der Waals surface area (Å²) in [6.45, 7) is 3.01. The first kappa shape index (κ1) is 36.5. The number of aliphatic hydroxyl groups is 2. The minimum Gasteiger partial charge on any atom is -0.480 e. The van der Waals surface area contributed by atoms with Crippen molar-refractivity contribution in [3.05, 3.63) is 71.8 Å². The fourth-order valence-electron chi connectivity index (χ4n) is 4.52. The quantitative estimate of drug-likeness (QED) is 0.0594. The molecule has 2 rings (SSSR count). The lowest BCUT2D eigenvalue weighted by atomic mass is 9.98. The summed E-state index contributed by atoms with van der Waals surface area (Å²) in [7, 11) is 0. The Kier molecular flexibility index (Phi) is 15.3. The van der Waals surface area contributed by atoms with Gasteiger partial charge in [0, 0.05) is 13.0 Å². The average Bonchev–Trinajstić information content (AvgIpc) is 3.00. The smallest absolute Gasteiger partial charge is 0.326 e. The Morgan fingerprint density at radius 1 is 0.800 bits per heavy atom. The van der Waals surface area contributed by atoms with Gasteiger partial charge >= 0.3 is 12.0 Å². The van der Waals surface area contributed by atoms with Crippen molar-refractivity contribution >= 4 is 29.8 Å². The van der Waals surface area contributed by atoms with Gasteiger partial charge in [-0.1, -0.05) is 74.5 Å². The fraction of sp³-hybridized carbons (Fsp3) is 0.452. The molecule has 14 nitrogen and oxygen atoms in total. The van der Waals surface area contributed by atoms with E-state index in [0.29, 0.717) is 5.56 Å². The van der Waals surface area contributed by atoms with Gasteiger partial charge in [-0.05, 0) is 36.3 Å². The molecule has 1 unspecified atom stereocenters. The van der Waals surface area contributed by atoms with Gasteiger partial charge in [0.25, 0.3) is 0 Å². The second-order valence-corrected chi connectivity index (χ2v) is 11.0. The van der Waals surface area contributed by atoms with E-state index in [1.807, 2.05) is 30.3 Å². The summed E-state index contributed by atoms with van der Waals surface area (Å²) < 4.78 is 0. The van der Waals surface area contributed by atoms with E-state index < -0.39 is 66.6 Å². The fourth-order valence-corrected chi connectivity index (χ4v) is 4.52. The van der Waals surface area contributed by atoms with Crippen LogP contribution in [0.25, 0.3) is 0 Å². The maximum Gasteiger partial charge on any atom is 0.326 e. The van der Waals surface area contributed by atoms with E-state index in [4.69, 9.17) is 11.5 Å². The van der Waals surface area contributed by atoms with Gasteiger partial charge in [0.1, 0.15) is 18.1 Å². The Bertz CT molecular complexity index is 1260. The molecule has 2 aromatic rings. The lowest BCUT2D eigenvalue weighted by molar-refractivity contribution is -0.139. The average molecular weight is 628 g/mol. The summed E-state index contributed by atoms with van der Waals surface area (Å²) in [5, 5.41) is 40.0. The number of benzene rings is 2. The normalized spacial score (nSPS) is 14.2. The third kappa shape index (κ3) is 13.2. The number of carbonyl (C=O) groups excluding carboxylic acids is 3. The molecule has 2 aromatic carbocycles. The molecule has 0 aromatic heterocycles. The van der Waals surface area contributed by atoms with Crippen LogP contribution in [0.4, 0.5) is 4.79 Å². The zero-order valence-corrected chi connectivity index (χ0v) is 25.6. The van der Waals surface area contributed by atoms with E-state index in [2.05, 4.69) is 26.3 Å². The van der Waals surface area contributed by atoms with E-state index in [1.165, 1.54) is 0 Å². The Balaban J connectivity index is 2.17. The molecule has 14 heteroatoms. The minimum absolute atomic E-state index is 0.0182. The van der Waals surface area contributed by atoms with Crippen LogP contribution < -0.4 is 32.7 Å². The molecule has 11 N–H and O–H groups in total. The zero-order chi connectivity index (χ0) is 33.4. The van der Waals surface area contributed by atoms with E-state index in [1.54, 1.807) is 44.2 Å². The Morgan fingerprint density at radius 2 is 1.36 bits per heavy atom. The molecule has 0 spiro atoms. The number of aliphatic carboxylic acids is 1. The monoisotopic (exact) mass is 627 g/mol. The molecular formula is C31H45N7O7. The van der Waals surface area contributed by atoms with E-state index in [9.17, 15) is 34.5 Å². The molecule has 0 bridgehead atoms. The molecule has 45 heavy (non-hydrogen) atoms. The number of nitrogens with one attached hydrogen (secondary N) is 4. The number of aliphatic imine (C=N–C) groups is 1. The number of rotatable bonds is 18. The molecule has 4 amide bonds. The van der Waals surface area contributed by atoms with Crippen LogP contribution in [0.2, 0.25) is 0 Å². The summed E-state index contributed by atoms with van der Waals surface area (Å²) >= 11 is 0. The second-order valence-electron chi connectivity index (χ2n) is 11.0. The highest BCUT2D eigenvalue weighted by Crippen LogP contribution is 2.10. The number of urea groups is 1. The van der Waals surface area contributed by atoms with Crippen LogP contribution >= 0.6 is 0 Å². The number of carboxylic acids is 1. The van der Waals surface area contributed by atoms with Gasteiger partial charge in [-0.15, -0.1) is 0 Å². The molecule has 246 valence electrons. The molecule has 0 saturated heterocycles. The second kappa shape index (κ2) is 18.9. The molecule has 0 aliphatic carbocycles. The number of aliphatic hydroxyl groups excluding tert-OH is 2. The third-order valence-corrected chi connectivity index (χ3v) is 6.98. The molecule has 5 atom stereocenters. The number of nitrogens with two attached hydrogens (primary N) is 2. The van der Waals surface area contributed by atoms with Gasteiger partial charge in [0.2, 0.25) is 11.8 Å². The minimum atomic E-state index is -1.27. The SMILES string of the molecule is CC(C)[C@H](NC(=O)[C@H](CCCN=C(N)N)NC(=O)N[C@@H](Cc1ccccc1)C(=O)O)C(=O)N[C@@H](Cc1ccccc1)C(O)CO.